The number of carboxylic acid groups (broad SMARTS) is 1. The van der Waals surface area contributed by atoms with Gasteiger partial charge in [-0.2, -0.15) is 0 Å². The maximum Gasteiger partial charge on any atom is 0.326 e. The van der Waals surface area contributed by atoms with Crippen molar-refractivity contribution in [2.45, 2.75) is 52.5 Å². The molecule has 2 aromatic rings. The average Bonchev–Trinajstić information content (AvgIpc) is 3.05. The molecular weight excluding hydrogens is 334 g/mol. The van der Waals surface area contributed by atoms with Crippen LogP contribution in [-0.2, 0) is 16.0 Å². The molecule has 1 amide bonds. The number of nitrogens with one attached hydrogen (secondary N) is 1. The molecule has 1 unspecified atom stereocenters. The highest BCUT2D eigenvalue weighted by Gasteiger charge is 2.23. The summed E-state index contributed by atoms with van der Waals surface area (Å²) in [4.78, 5) is 23.4. The van der Waals surface area contributed by atoms with Gasteiger partial charge in [-0.05, 0) is 30.4 Å². The van der Waals surface area contributed by atoms with E-state index in [9.17, 15) is 14.7 Å². The summed E-state index contributed by atoms with van der Waals surface area (Å²) in [5.41, 5.74) is 0.819. The molecule has 0 saturated carbocycles. The number of aliphatic carboxylic acids is 1. The molecule has 140 valence electrons. The fourth-order valence-corrected chi connectivity index (χ4v) is 2.37. The maximum absolute atomic E-state index is 12.1. The van der Waals surface area contributed by atoms with Crippen molar-refractivity contribution in [2.75, 3.05) is 0 Å². The van der Waals surface area contributed by atoms with Gasteiger partial charge in [-0.15, -0.1) is 10.2 Å². The lowest BCUT2D eigenvalue weighted by Crippen LogP contribution is -2.41. The summed E-state index contributed by atoms with van der Waals surface area (Å²) in [6, 6.07) is 8.47. The van der Waals surface area contributed by atoms with Gasteiger partial charge in [0.2, 0.25) is 17.7 Å². The third-order valence-electron chi connectivity index (χ3n) is 3.87. The average molecular weight is 359 g/mol. The molecule has 26 heavy (non-hydrogen) atoms. The number of benzene rings is 1. The van der Waals surface area contributed by atoms with Gasteiger partial charge in [0.1, 0.15) is 6.04 Å². The number of aryl methyl sites for hydroxylation is 1. The zero-order valence-corrected chi connectivity index (χ0v) is 15.4. The lowest BCUT2D eigenvalue weighted by molar-refractivity contribution is -0.142. The van der Waals surface area contributed by atoms with Gasteiger partial charge in [-0.25, -0.2) is 4.79 Å². The Morgan fingerprint density at radius 3 is 2.50 bits per heavy atom. The first kappa shape index (κ1) is 19.6. The topological polar surface area (TPSA) is 105 Å². The van der Waals surface area contributed by atoms with E-state index in [1.54, 1.807) is 0 Å². The molecule has 1 atom stereocenters. The van der Waals surface area contributed by atoms with Crippen molar-refractivity contribution in [1.82, 2.24) is 15.5 Å². The molecule has 0 aliphatic carbocycles. The molecule has 0 aliphatic heterocycles. The molecule has 1 heterocycles. The number of amides is 1. The monoisotopic (exact) mass is 359 g/mol. The van der Waals surface area contributed by atoms with Crippen LogP contribution in [0.1, 0.15) is 45.9 Å². The summed E-state index contributed by atoms with van der Waals surface area (Å²) < 4.78 is 5.55. The Bertz CT molecular complexity index is 735. The van der Waals surface area contributed by atoms with Gasteiger partial charge in [0.25, 0.3) is 0 Å². The number of hydrogen-bond acceptors (Lipinski definition) is 5. The van der Waals surface area contributed by atoms with E-state index in [-0.39, 0.29) is 24.2 Å². The molecule has 7 nitrogen and oxygen atoms in total. The van der Waals surface area contributed by atoms with Gasteiger partial charge in [-0.3, -0.25) is 4.79 Å². The molecule has 1 aromatic carbocycles. The predicted molar refractivity (Wildman–Crippen MR) is 96.3 cm³/mol. The smallest absolute Gasteiger partial charge is 0.326 e. The number of carbonyl (C=O) groups excluding carboxylic acids is 1. The van der Waals surface area contributed by atoms with Crippen LogP contribution in [0, 0.1) is 5.41 Å². The quantitative estimate of drug-likeness (QED) is 0.750. The number of carbonyl (C=O) groups is 2. The van der Waals surface area contributed by atoms with Crippen LogP contribution in [0.4, 0.5) is 0 Å². The maximum atomic E-state index is 12.1. The molecule has 2 N–H and O–H groups in total. The zero-order chi connectivity index (χ0) is 19.2. The summed E-state index contributed by atoms with van der Waals surface area (Å²) in [7, 11) is 0. The summed E-state index contributed by atoms with van der Waals surface area (Å²) in [5.74, 6) is -0.618. The normalized spacial score (nSPS) is 12.6. The SMILES string of the molecule is CC(C)(C)CCC(NC(=O)CCc1nnc(-c2ccccc2)o1)C(=O)O. The standard InChI is InChI=1S/C19H25N3O4/c1-19(2,3)12-11-14(18(24)25)20-15(23)9-10-16-21-22-17(26-16)13-7-5-4-6-8-13/h4-8,14H,9-12H2,1-3H3,(H,20,23)(H,24,25). The van der Waals surface area contributed by atoms with E-state index in [1.807, 2.05) is 51.1 Å². The van der Waals surface area contributed by atoms with Gasteiger partial charge in [-0.1, -0.05) is 39.0 Å². The minimum absolute atomic E-state index is 0.00995. The molecule has 0 spiro atoms. The number of carboxylic acids is 1. The van der Waals surface area contributed by atoms with Crippen molar-refractivity contribution < 1.29 is 19.1 Å². The fourth-order valence-electron chi connectivity index (χ4n) is 2.37. The van der Waals surface area contributed by atoms with Gasteiger partial charge in [0.15, 0.2) is 0 Å². The van der Waals surface area contributed by atoms with E-state index in [0.29, 0.717) is 24.6 Å². The lowest BCUT2D eigenvalue weighted by atomic mass is 9.88. The molecular formula is C19H25N3O4. The van der Waals surface area contributed by atoms with Crippen LogP contribution >= 0.6 is 0 Å². The number of hydrogen-bond donors (Lipinski definition) is 2. The summed E-state index contributed by atoms with van der Waals surface area (Å²) in [6.45, 7) is 6.11. The summed E-state index contributed by atoms with van der Waals surface area (Å²) >= 11 is 0. The van der Waals surface area contributed by atoms with Crippen molar-refractivity contribution in [3.05, 3.63) is 36.2 Å². The van der Waals surface area contributed by atoms with E-state index in [2.05, 4.69) is 15.5 Å². The predicted octanol–water partition coefficient (Wildman–Crippen LogP) is 3.06. The third-order valence-corrected chi connectivity index (χ3v) is 3.87. The van der Waals surface area contributed by atoms with Gasteiger partial charge in [0.05, 0.1) is 0 Å². The van der Waals surface area contributed by atoms with E-state index < -0.39 is 12.0 Å². The first-order valence-electron chi connectivity index (χ1n) is 8.64. The van der Waals surface area contributed by atoms with Crippen LogP contribution < -0.4 is 5.32 Å². The molecule has 0 bridgehead atoms. The number of nitrogens with zero attached hydrogens (tertiary/aromatic N) is 2. The van der Waals surface area contributed by atoms with Crippen molar-refractivity contribution >= 4 is 11.9 Å². The molecule has 1 aromatic heterocycles. The zero-order valence-electron chi connectivity index (χ0n) is 15.4. The van der Waals surface area contributed by atoms with Crippen molar-refractivity contribution in [2.24, 2.45) is 5.41 Å². The van der Waals surface area contributed by atoms with Crippen LogP contribution in [0.25, 0.3) is 11.5 Å². The number of rotatable bonds is 8. The fraction of sp³-hybridized carbons (Fsp3) is 0.474. The van der Waals surface area contributed by atoms with Crippen LogP contribution in [-0.4, -0.2) is 33.2 Å². The second-order valence-electron chi connectivity index (χ2n) is 7.42. The van der Waals surface area contributed by atoms with E-state index >= 15 is 0 Å². The number of aromatic nitrogens is 2. The highest BCUT2D eigenvalue weighted by molar-refractivity contribution is 5.83. The molecule has 7 heteroatoms. The minimum Gasteiger partial charge on any atom is -0.480 e. The van der Waals surface area contributed by atoms with E-state index in [1.165, 1.54) is 0 Å². The Morgan fingerprint density at radius 2 is 1.88 bits per heavy atom. The molecule has 0 fully saturated rings. The molecule has 2 rings (SSSR count). The van der Waals surface area contributed by atoms with Gasteiger partial charge >= 0.3 is 5.97 Å². The largest absolute Gasteiger partial charge is 0.480 e. The van der Waals surface area contributed by atoms with Crippen LogP contribution in [0.5, 0.6) is 0 Å². The Morgan fingerprint density at radius 1 is 1.19 bits per heavy atom. The minimum atomic E-state index is -1.02. The van der Waals surface area contributed by atoms with Crippen molar-refractivity contribution in [3.63, 3.8) is 0 Å². The Labute approximate surface area is 152 Å². The van der Waals surface area contributed by atoms with Gasteiger partial charge < -0.3 is 14.8 Å². The Kier molecular flexibility index (Phi) is 6.49. The molecule has 0 radical (unpaired) electrons. The molecule has 0 saturated heterocycles. The van der Waals surface area contributed by atoms with Crippen LogP contribution in [0.15, 0.2) is 34.7 Å². The Hall–Kier alpha value is -2.70. The lowest BCUT2D eigenvalue weighted by Gasteiger charge is -2.21. The molecule has 0 aliphatic rings. The second-order valence-corrected chi connectivity index (χ2v) is 7.42. The highest BCUT2D eigenvalue weighted by Crippen LogP contribution is 2.22. The van der Waals surface area contributed by atoms with E-state index in [4.69, 9.17) is 4.42 Å². The third kappa shape index (κ3) is 6.31. The van der Waals surface area contributed by atoms with Crippen LogP contribution in [0.2, 0.25) is 0 Å². The second kappa shape index (κ2) is 8.60. The summed E-state index contributed by atoms with van der Waals surface area (Å²) in [5, 5.41) is 19.7. The first-order chi connectivity index (χ1) is 12.2. The van der Waals surface area contributed by atoms with Gasteiger partial charge in [0, 0.05) is 18.4 Å². The first-order valence-corrected chi connectivity index (χ1v) is 8.64. The van der Waals surface area contributed by atoms with Crippen molar-refractivity contribution in [3.8, 4) is 11.5 Å². The van der Waals surface area contributed by atoms with Crippen LogP contribution in [0.3, 0.4) is 0 Å². The Balaban J connectivity index is 1.86. The highest BCUT2D eigenvalue weighted by atomic mass is 16.4. The van der Waals surface area contributed by atoms with E-state index in [0.717, 1.165) is 5.56 Å². The van der Waals surface area contributed by atoms with Crippen molar-refractivity contribution in [1.29, 1.82) is 0 Å². The summed E-state index contributed by atoms with van der Waals surface area (Å²) in [6.07, 6.45) is 1.45.